The second-order valence-electron chi connectivity index (χ2n) is 6.32. The summed E-state index contributed by atoms with van der Waals surface area (Å²) in [6.45, 7) is 3.21. The Morgan fingerprint density at radius 1 is 1.31 bits per heavy atom. The first-order chi connectivity index (χ1) is 12.5. The van der Waals surface area contributed by atoms with E-state index >= 15 is 0 Å². The van der Waals surface area contributed by atoms with Gasteiger partial charge in [0.2, 0.25) is 5.91 Å². The van der Waals surface area contributed by atoms with Crippen LogP contribution in [0.3, 0.4) is 0 Å². The van der Waals surface area contributed by atoms with Crippen molar-refractivity contribution in [3.8, 4) is 0 Å². The molecule has 1 saturated heterocycles. The molecule has 1 amide bonds. The average molecular weight is 379 g/mol. The van der Waals surface area contributed by atoms with Gasteiger partial charge in [0.25, 0.3) is 5.56 Å². The monoisotopic (exact) mass is 378 g/mol. The molecule has 1 fully saturated rings. The first-order valence-corrected chi connectivity index (χ1v) is 8.94. The van der Waals surface area contributed by atoms with Gasteiger partial charge in [-0.1, -0.05) is 17.7 Å². The molecule has 138 valence electrons. The van der Waals surface area contributed by atoms with Gasteiger partial charge in [0, 0.05) is 18.8 Å². The van der Waals surface area contributed by atoms with Crippen molar-refractivity contribution < 1.29 is 9.18 Å². The highest BCUT2D eigenvalue weighted by atomic mass is 35.5. The minimum Gasteiger partial charge on any atom is -0.369 e. The molecular formula is C18H20ClFN4O2. The molecule has 26 heavy (non-hydrogen) atoms. The summed E-state index contributed by atoms with van der Waals surface area (Å²) in [6, 6.07) is 4.65. The zero-order chi connectivity index (χ0) is 18.7. The second kappa shape index (κ2) is 7.86. The Balaban J connectivity index is 1.80. The minimum absolute atomic E-state index is 0.0623. The molecule has 1 aliphatic rings. The number of aromatic nitrogens is 2. The summed E-state index contributed by atoms with van der Waals surface area (Å²) in [4.78, 5) is 27.0. The normalized spacial score (nSPS) is 15.6. The number of halogens is 2. The fraction of sp³-hybridized carbons (Fsp3) is 0.389. The van der Waals surface area contributed by atoms with E-state index in [1.54, 1.807) is 13.0 Å². The topological polar surface area (TPSA) is 67.2 Å². The summed E-state index contributed by atoms with van der Waals surface area (Å²) >= 11 is 6.27. The van der Waals surface area contributed by atoms with E-state index in [0.29, 0.717) is 11.4 Å². The molecule has 1 aliphatic heterocycles. The lowest BCUT2D eigenvalue weighted by atomic mass is 10.1. The number of hydrogen-bond donors (Lipinski definition) is 1. The number of amides is 1. The van der Waals surface area contributed by atoms with E-state index in [0.717, 1.165) is 37.0 Å². The van der Waals surface area contributed by atoms with E-state index in [1.807, 2.05) is 4.90 Å². The highest BCUT2D eigenvalue weighted by Gasteiger charge is 2.22. The third kappa shape index (κ3) is 3.88. The average Bonchev–Trinajstić information content (AvgIpc) is 2.64. The highest BCUT2D eigenvalue weighted by Crippen LogP contribution is 2.25. The Morgan fingerprint density at radius 3 is 2.73 bits per heavy atom. The van der Waals surface area contributed by atoms with Crippen molar-refractivity contribution in [1.82, 2.24) is 9.78 Å². The molecular weight excluding hydrogens is 359 g/mol. The second-order valence-corrected chi connectivity index (χ2v) is 6.69. The summed E-state index contributed by atoms with van der Waals surface area (Å²) in [6.07, 6.45) is 4.79. The van der Waals surface area contributed by atoms with Crippen LogP contribution < -0.4 is 15.8 Å². The number of carbonyl (C=O) groups is 1. The summed E-state index contributed by atoms with van der Waals surface area (Å²) in [5.41, 5.74) is 0.396. The Morgan fingerprint density at radius 2 is 2.04 bits per heavy atom. The third-order valence-electron chi connectivity index (χ3n) is 4.46. The number of carbonyl (C=O) groups excluding carboxylic acids is 1. The number of anilines is 2. The number of nitrogens with one attached hydrogen (secondary N) is 1. The minimum atomic E-state index is -0.890. The van der Waals surface area contributed by atoms with E-state index in [9.17, 15) is 14.0 Å². The highest BCUT2D eigenvalue weighted by molar-refractivity contribution is 6.33. The lowest BCUT2D eigenvalue weighted by Crippen LogP contribution is -2.36. The van der Waals surface area contributed by atoms with Crippen LogP contribution in [0.5, 0.6) is 0 Å². The van der Waals surface area contributed by atoms with Crippen LogP contribution in [0, 0.1) is 5.82 Å². The van der Waals surface area contributed by atoms with Crippen molar-refractivity contribution in [3.63, 3.8) is 0 Å². The Hall–Kier alpha value is -2.41. The van der Waals surface area contributed by atoms with Crippen LogP contribution >= 0.6 is 11.6 Å². The molecule has 0 spiro atoms. The van der Waals surface area contributed by atoms with E-state index in [4.69, 9.17) is 11.6 Å². The predicted octanol–water partition coefficient (Wildman–Crippen LogP) is 3.23. The molecule has 1 atom stereocenters. The van der Waals surface area contributed by atoms with Crippen molar-refractivity contribution in [2.75, 3.05) is 23.3 Å². The molecule has 0 saturated carbocycles. The number of nitrogens with zero attached hydrogens (tertiary/aromatic N) is 3. The standard InChI is InChI=1S/C18H20ClFN4O2/c1-12(17(25)22-14-7-5-6-13(20)10-14)24-18(26)16(19)15(11-21-24)23-8-3-2-4-9-23/h5-7,10-12H,2-4,8-9H2,1H3,(H,22,25)/t12-/m0/s1. The van der Waals surface area contributed by atoms with Gasteiger partial charge >= 0.3 is 0 Å². The summed E-state index contributed by atoms with van der Waals surface area (Å²) in [5.74, 6) is -0.938. The van der Waals surface area contributed by atoms with Gasteiger partial charge in [-0.15, -0.1) is 0 Å². The lowest BCUT2D eigenvalue weighted by Gasteiger charge is -2.29. The first-order valence-electron chi connectivity index (χ1n) is 8.56. The molecule has 2 aromatic rings. The zero-order valence-electron chi connectivity index (χ0n) is 14.4. The molecule has 8 heteroatoms. The number of hydrogen-bond acceptors (Lipinski definition) is 4. The molecule has 1 N–H and O–H groups in total. The maximum Gasteiger partial charge on any atom is 0.288 e. The van der Waals surface area contributed by atoms with E-state index < -0.39 is 23.3 Å². The van der Waals surface area contributed by atoms with E-state index in [-0.39, 0.29) is 5.02 Å². The molecule has 0 radical (unpaired) electrons. The number of rotatable bonds is 4. The first kappa shape index (κ1) is 18.4. The molecule has 2 heterocycles. The predicted molar refractivity (Wildman–Crippen MR) is 99.3 cm³/mol. The van der Waals surface area contributed by atoms with Crippen molar-refractivity contribution in [1.29, 1.82) is 0 Å². The van der Waals surface area contributed by atoms with Crippen LogP contribution in [0.2, 0.25) is 5.02 Å². The largest absolute Gasteiger partial charge is 0.369 e. The van der Waals surface area contributed by atoms with Crippen LogP contribution in [0.15, 0.2) is 35.3 Å². The van der Waals surface area contributed by atoms with Crippen LogP contribution in [-0.2, 0) is 4.79 Å². The van der Waals surface area contributed by atoms with E-state index in [1.165, 1.54) is 24.4 Å². The summed E-state index contributed by atoms with van der Waals surface area (Å²) in [7, 11) is 0. The lowest BCUT2D eigenvalue weighted by molar-refractivity contribution is -0.119. The fourth-order valence-corrected chi connectivity index (χ4v) is 3.25. The number of benzene rings is 1. The SMILES string of the molecule is C[C@@H](C(=O)Nc1cccc(F)c1)n1ncc(N2CCCCC2)c(Cl)c1=O. The van der Waals surface area contributed by atoms with Gasteiger partial charge < -0.3 is 10.2 Å². The molecule has 6 nitrogen and oxygen atoms in total. The van der Waals surface area contributed by atoms with Gasteiger partial charge in [-0.25, -0.2) is 9.07 Å². The van der Waals surface area contributed by atoms with Crippen LogP contribution in [0.25, 0.3) is 0 Å². The van der Waals surface area contributed by atoms with Gasteiger partial charge in [0.1, 0.15) is 16.9 Å². The van der Waals surface area contributed by atoms with Gasteiger partial charge in [0.15, 0.2) is 0 Å². The zero-order valence-corrected chi connectivity index (χ0v) is 15.2. The van der Waals surface area contributed by atoms with Gasteiger partial charge in [-0.2, -0.15) is 5.10 Å². The van der Waals surface area contributed by atoms with Crippen molar-refractivity contribution in [2.45, 2.75) is 32.2 Å². The Bertz CT molecular complexity index is 865. The fourth-order valence-electron chi connectivity index (χ4n) is 2.99. The van der Waals surface area contributed by atoms with E-state index in [2.05, 4.69) is 10.4 Å². The smallest absolute Gasteiger partial charge is 0.288 e. The van der Waals surface area contributed by atoms with Gasteiger partial charge in [0.05, 0.1) is 11.9 Å². The Kier molecular flexibility index (Phi) is 5.56. The van der Waals surface area contributed by atoms with Crippen molar-refractivity contribution in [3.05, 3.63) is 51.7 Å². The van der Waals surface area contributed by atoms with Gasteiger partial charge in [-0.05, 0) is 44.4 Å². The summed E-state index contributed by atoms with van der Waals surface area (Å²) < 4.78 is 14.3. The van der Waals surface area contributed by atoms with Crippen LogP contribution in [-0.4, -0.2) is 28.8 Å². The molecule has 0 aliphatic carbocycles. The molecule has 3 rings (SSSR count). The maximum atomic E-state index is 13.2. The third-order valence-corrected chi connectivity index (χ3v) is 4.82. The molecule has 0 unspecified atom stereocenters. The van der Waals surface area contributed by atoms with Crippen LogP contribution in [0.1, 0.15) is 32.2 Å². The molecule has 1 aromatic carbocycles. The quantitative estimate of drug-likeness (QED) is 0.887. The molecule has 0 bridgehead atoms. The maximum absolute atomic E-state index is 13.2. The summed E-state index contributed by atoms with van der Waals surface area (Å²) in [5, 5.41) is 6.77. The van der Waals surface area contributed by atoms with Crippen LogP contribution in [0.4, 0.5) is 15.8 Å². The van der Waals surface area contributed by atoms with Crippen molar-refractivity contribution >= 4 is 28.9 Å². The Labute approximate surface area is 155 Å². The number of piperidine rings is 1. The van der Waals surface area contributed by atoms with Gasteiger partial charge in [-0.3, -0.25) is 9.59 Å². The van der Waals surface area contributed by atoms with Crippen molar-refractivity contribution in [2.24, 2.45) is 0 Å². The molecule has 1 aromatic heterocycles.